The van der Waals surface area contributed by atoms with Crippen molar-refractivity contribution < 1.29 is 32.9 Å². The average molecular weight is 416 g/mol. The lowest BCUT2D eigenvalue weighted by molar-refractivity contribution is -0.132. The van der Waals surface area contributed by atoms with Gasteiger partial charge in [0, 0.05) is 7.05 Å². The van der Waals surface area contributed by atoms with Crippen LogP contribution in [0, 0.1) is 11.6 Å². The maximum Gasteiger partial charge on any atom is 0.333 e. The summed E-state index contributed by atoms with van der Waals surface area (Å²) in [7, 11) is -2.62. The molecule has 9 nitrogen and oxygen atoms in total. The second-order valence-corrected chi connectivity index (χ2v) is 8.15. The Kier molecular flexibility index (Phi) is 4.65. The summed E-state index contributed by atoms with van der Waals surface area (Å²) in [6.45, 7) is -0.595. The summed E-state index contributed by atoms with van der Waals surface area (Å²) in [6.07, 6.45) is 0.936. The number of phenolic OH excluding ortho intramolecular Hbond substituents is 1. The Labute approximate surface area is 156 Å². The number of aliphatic carboxylic acids is 1. The molecule has 0 unspecified atom stereocenters. The van der Waals surface area contributed by atoms with E-state index in [1.807, 2.05) is 0 Å². The van der Waals surface area contributed by atoms with E-state index < -0.39 is 73.7 Å². The van der Waals surface area contributed by atoms with Crippen molar-refractivity contribution in [3.63, 3.8) is 0 Å². The summed E-state index contributed by atoms with van der Waals surface area (Å²) < 4.78 is 49.0. The van der Waals surface area contributed by atoms with Gasteiger partial charge < -0.3 is 10.2 Å². The third-order valence-corrected chi connectivity index (χ3v) is 6.03. The Bertz CT molecular complexity index is 1140. The van der Waals surface area contributed by atoms with E-state index in [9.17, 15) is 32.3 Å². The van der Waals surface area contributed by atoms with Crippen LogP contribution in [0.4, 0.5) is 8.78 Å². The van der Waals surface area contributed by atoms with E-state index in [1.54, 1.807) is 0 Å². The van der Waals surface area contributed by atoms with Gasteiger partial charge in [0.1, 0.15) is 5.03 Å². The minimum atomic E-state index is -3.77. The third-order valence-electron chi connectivity index (χ3n) is 4.21. The molecule has 28 heavy (non-hydrogen) atoms. The van der Waals surface area contributed by atoms with Crippen molar-refractivity contribution in [2.75, 3.05) is 5.75 Å². The maximum absolute atomic E-state index is 13.5. The van der Waals surface area contributed by atoms with Gasteiger partial charge in [0.2, 0.25) is 0 Å². The highest BCUT2D eigenvalue weighted by Gasteiger charge is 2.34. The number of rotatable bonds is 3. The third kappa shape index (κ3) is 3.10. The van der Waals surface area contributed by atoms with E-state index in [1.165, 1.54) is 0 Å². The Morgan fingerprint density at radius 1 is 1.21 bits per heavy atom. The van der Waals surface area contributed by atoms with Crippen molar-refractivity contribution in [3.05, 3.63) is 61.3 Å². The van der Waals surface area contributed by atoms with Gasteiger partial charge in [-0.25, -0.2) is 18.4 Å². The van der Waals surface area contributed by atoms with Gasteiger partial charge in [0.15, 0.2) is 17.4 Å². The van der Waals surface area contributed by atoms with Crippen LogP contribution in [0.15, 0.2) is 32.3 Å². The van der Waals surface area contributed by atoms with Gasteiger partial charge in [-0.3, -0.25) is 23.0 Å². The van der Waals surface area contributed by atoms with Gasteiger partial charge >= 0.3 is 11.7 Å². The fourth-order valence-corrected chi connectivity index (χ4v) is 4.74. The second-order valence-electron chi connectivity index (χ2n) is 6.15. The fraction of sp³-hybridized carbons (Fsp3) is 0.188. The zero-order valence-electron chi connectivity index (χ0n) is 14.2. The van der Waals surface area contributed by atoms with Crippen LogP contribution in [0.25, 0.3) is 6.08 Å². The number of hydrogen-bond donors (Lipinski definition) is 4. The van der Waals surface area contributed by atoms with E-state index >= 15 is 0 Å². The molecule has 0 spiro atoms. The predicted octanol–water partition coefficient (Wildman–Crippen LogP) is 1.17. The van der Waals surface area contributed by atoms with Gasteiger partial charge in [-0.05, 0) is 23.8 Å². The second kappa shape index (κ2) is 6.58. The number of carbonyl (C=O) groups is 1. The Hall–Kier alpha value is -2.96. The first-order valence-electron chi connectivity index (χ1n) is 7.64. The van der Waals surface area contributed by atoms with Crippen LogP contribution in [0.1, 0.15) is 11.1 Å². The lowest BCUT2D eigenvalue weighted by Crippen LogP contribution is -2.43. The van der Waals surface area contributed by atoms with Crippen molar-refractivity contribution in [1.82, 2.24) is 9.13 Å². The van der Waals surface area contributed by atoms with E-state index in [4.69, 9.17) is 10.2 Å². The zero-order valence-corrected chi connectivity index (χ0v) is 15.0. The van der Waals surface area contributed by atoms with Gasteiger partial charge in [0.25, 0.3) is 5.56 Å². The SMILES string of the molecule is Cn1c2c(c(=O)n(Cc3cc(F)c(O)c(F)c3)c1=O)C=C(C(=O)O)CS2(O)O. The van der Waals surface area contributed by atoms with Gasteiger partial charge in [-0.2, -0.15) is 0 Å². The molecule has 0 radical (unpaired) electrons. The topological polar surface area (TPSA) is 142 Å². The molecule has 0 saturated carbocycles. The molecule has 3 rings (SSSR count). The van der Waals surface area contributed by atoms with Gasteiger partial charge in [0.05, 0.1) is 23.4 Å². The van der Waals surface area contributed by atoms with Gasteiger partial charge in [-0.15, -0.1) is 10.6 Å². The molecule has 0 amide bonds. The van der Waals surface area contributed by atoms with E-state index in [0.29, 0.717) is 4.57 Å². The van der Waals surface area contributed by atoms with Crippen LogP contribution in [-0.2, 0) is 18.4 Å². The van der Waals surface area contributed by atoms with Gasteiger partial charge in [-0.1, -0.05) is 0 Å². The molecular weight excluding hydrogens is 402 g/mol. The summed E-state index contributed by atoms with van der Waals surface area (Å²) in [5.41, 5.74) is -3.05. The number of hydrogen-bond acceptors (Lipinski definition) is 6. The number of aromatic nitrogens is 2. The minimum absolute atomic E-state index is 0.156. The maximum atomic E-state index is 13.5. The summed E-state index contributed by atoms with van der Waals surface area (Å²) in [5.74, 6) is -5.92. The van der Waals surface area contributed by atoms with E-state index in [-0.39, 0.29) is 5.56 Å². The van der Waals surface area contributed by atoms with Crippen LogP contribution in [-0.4, -0.2) is 40.2 Å². The highest BCUT2D eigenvalue weighted by Crippen LogP contribution is 2.52. The minimum Gasteiger partial charge on any atom is -0.503 e. The van der Waals surface area contributed by atoms with Crippen molar-refractivity contribution in [2.45, 2.75) is 11.6 Å². The Morgan fingerprint density at radius 2 is 1.79 bits per heavy atom. The molecule has 4 N–H and O–H groups in total. The van der Waals surface area contributed by atoms with Crippen LogP contribution in [0.3, 0.4) is 0 Å². The number of nitrogens with zero attached hydrogens (tertiary/aromatic N) is 2. The molecule has 0 atom stereocenters. The molecule has 150 valence electrons. The van der Waals surface area contributed by atoms with E-state index in [2.05, 4.69) is 0 Å². The molecule has 0 bridgehead atoms. The largest absolute Gasteiger partial charge is 0.503 e. The number of phenols is 1. The molecule has 0 fully saturated rings. The first kappa shape index (κ1) is 19.8. The van der Waals surface area contributed by atoms with Crippen molar-refractivity contribution in [2.24, 2.45) is 7.05 Å². The highest BCUT2D eigenvalue weighted by molar-refractivity contribution is 8.24. The number of fused-ring (bicyclic) bond motifs is 1. The molecule has 0 aliphatic carbocycles. The van der Waals surface area contributed by atoms with Crippen molar-refractivity contribution in [3.8, 4) is 5.75 Å². The number of aromatic hydroxyl groups is 1. The first-order chi connectivity index (χ1) is 12.9. The lowest BCUT2D eigenvalue weighted by Gasteiger charge is -2.37. The molecule has 0 saturated heterocycles. The molecule has 1 aliphatic heterocycles. The summed E-state index contributed by atoms with van der Waals surface area (Å²) in [5, 5.41) is 17.9. The average Bonchev–Trinajstić information content (AvgIpc) is 2.59. The fourth-order valence-electron chi connectivity index (χ4n) is 2.95. The highest BCUT2D eigenvalue weighted by atomic mass is 32.3. The molecule has 2 aromatic rings. The molecule has 1 aromatic carbocycles. The standard InChI is InChI=1S/C16H14F2N2O7S/c1-19-14-9(4-8(15(23)24)6-28(14,26)27)13(22)20(16(19)25)5-7-2-10(17)12(21)11(18)3-7/h2-4,21,26-27H,5-6H2,1H3,(H,23,24). The molecular formula is C16H14F2N2O7S. The Morgan fingerprint density at radius 3 is 2.32 bits per heavy atom. The van der Waals surface area contributed by atoms with Crippen LogP contribution >= 0.6 is 10.6 Å². The number of carboxylic acid groups (broad SMARTS) is 1. The number of benzene rings is 1. The molecule has 2 heterocycles. The van der Waals surface area contributed by atoms with Crippen LogP contribution < -0.4 is 11.2 Å². The number of carboxylic acids is 1. The molecule has 1 aromatic heterocycles. The summed E-state index contributed by atoms with van der Waals surface area (Å²) >= 11 is 0. The molecule has 1 aliphatic rings. The predicted molar refractivity (Wildman–Crippen MR) is 94.7 cm³/mol. The first-order valence-corrected chi connectivity index (χ1v) is 9.36. The van der Waals surface area contributed by atoms with Crippen LogP contribution in [0.5, 0.6) is 5.75 Å². The number of halogens is 2. The van der Waals surface area contributed by atoms with Crippen LogP contribution in [0.2, 0.25) is 0 Å². The Balaban J connectivity index is 2.26. The van der Waals surface area contributed by atoms with E-state index in [0.717, 1.165) is 29.8 Å². The zero-order chi connectivity index (χ0) is 21.0. The summed E-state index contributed by atoms with van der Waals surface area (Å²) in [4.78, 5) is 36.5. The quantitative estimate of drug-likeness (QED) is 0.550. The van der Waals surface area contributed by atoms with Crippen molar-refractivity contribution >= 4 is 22.6 Å². The normalized spacial score (nSPS) is 16.2. The molecule has 12 heteroatoms. The monoisotopic (exact) mass is 416 g/mol. The summed E-state index contributed by atoms with van der Waals surface area (Å²) in [6, 6.07) is 1.46. The smallest absolute Gasteiger partial charge is 0.333 e. The van der Waals surface area contributed by atoms with Crippen molar-refractivity contribution in [1.29, 1.82) is 0 Å². The lowest BCUT2D eigenvalue weighted by atomic mass is 10.1.